The van der Waals surface area contributed by atoms with Crippen molar-refractivity contribution < 1.29 is 5.11 Å². The molecule has 1 aromatic rings. The van der Waals surface area contributed by atoms with Gasteiger partial charge in [-0.3, -0.25) is 9.78 Å². The molecule has 0 aliphatic heterocycles. The van der Waals surface area contributed by atoms with Crippen LogP contribution >= 0.6 is 0 Å². The quantitative estimate of drug-likeness (QED) is 0.445. The van der Waals surface area contributed by atoms with Crippen LogP contribution in [0.4, 0.5) is 5.69 Å². The molecule has 0 aliphatic carbocycles. The number of H-pyrrole nitrogens is 1. The number of nitrogens with two attached hydrogens (primary N) is 1. The predicted molar refractivity (Wildman–Crippen MR) is 33.1 cm³/mol. The highest BCUT2D eigenvalue weighted by molar-refractivity contribution is 5.38. The Labute approximate surface area is 50.9 Å². The molecule has 1 aromatic heterocycles. The number of aromatic amines is 1. The van der Waals surface area contributed by atoms with E-state index < -0.39 is 5.56 Å². The van der Waals surface area contributed by atoms with Crippen LogP contribution in [0, 0.1) is 0 Å². The van der Waals surface area contributed by atoms with Crippen molar-refractivity contribution in [3.8, 4) is 5.88 Å². The van der Waals surface area contributed by atoms with Gasteiger partial charge in [0.1, 0.15) is 0 Å². The van der Waals surface area contributed by atoms with Gasteiger partial charge >= 0.3 is 0 Å². The third kappa shape index (κ3) is 1.22. The molecule has 0 saturated heterocycles. The largest absolute Gasteiger partial charge is 0.494 e. The predicted octanol–water partition coefficient (Wildman–Crippen LogP) is -0.337. The van der Waals surface area contributed by atoms with Crippen molar-refractivity contribution in [2.45, 2.75) is 0 Å². The van der Waals surface area contributed by atoms with Gasteiger partial charge in [-0.2, -0.15) is 0 Å². The van der Waals surface area contributed by atoms with Crippen LogP contribution in [0.25, 0.3) is 0 Å². The van der Waals surface area contributed by atoms with Gasteiger partial charge in [-0.15, -0.1) is 0 Å². The van der Waals surface area contributed by atoms with Crippen molar-refractivity contribution in [2.75, 3.05) is 5.73 Å². The first-order valence-electron chi connectivity index (χ1n) is 2.37. The number of nitrogen functional groups attached to an aromatic ring is 1. The van der Waals surface area contributed by atoms with E-state index in [-0.39, 0.29) is 11.6 Å². The van der Waals surface area contributed by atoms with Crippen LogP contribution in [0.5, 0.6) is 5.88 Å². The van der Waals surface area contributed by atoms with Crippen molar-refractivity contribution >= 4 is 5.69 Å². The average molecular weight is 126 g/mol. The summed E-state index contributed by atoms with van der Waals surface area (Å²) in [5, 5.41) is 8.66. The lowest BCUT2D eigenvalue weighted by atomic mass is 10.4. The Kier molecular flexibility index (Phi) is 1.14. The topological polar surface area (TPSA) is 79.1 Å². The van der Waals surface area contributed by atoms with E-state index in [4.69, 9.17) is 10.8 Å². The molecule has 0 spiro atoms. The maximum Gasteiger partial charge on any atom is 0.252 e. The van der Waals surface area contributed by atoms with Crippen LogP contribution in [-0.4, -0.2) is 10.1 Å². The highest BCUT2D eigenvalue weighted by Crippen LogP contribution is 2.03. The van der Waals surface area contributed by atoms with E-state index in [2.05, 4.69) is 4.98 Å². The summed E-state index contributed by atoms with van der Waals surface area (Å²) < 4.78 is 0. The van der Waals surface area contributed by atoms with Crippen molar-refractivity contribution in [1.82, 2.24) is 4.98 Å². The molecule has 0 aliphatic rings. The molecular weight excluding hydrogens is 120 g/mol. The number of anilines is 1. The number of rotatable bonds is 0. The Morgan fingerprint density at radius 2 is 2.22 bits per heavy atom. The van der Waals surface area contributed by atoms with Gasteiger partial charge in [0.2, 0.25) is 0 Å². The van der Waals surface area contributed by atoms with Gasteiger partial charge in [0.25, 0.3) is 5.56 Å². The molecule has 48 valence electrons. The van der Waals surface area contributed by atoms with E-state index in [0.29, 0.717) is 0 Å². The van der Waals surface area contributed by atoms with E-state index in [1.54, 1.807) is 0 Å². The monoisotopic (exact) mass is 126 g/mol. The van der Waals surface area contributed by atoms with Gasteiger partial charge in [-0.25, -0.2) is 0 Å². The summed E-state index contributed by atoms with van der Waals surface area (Å²) in [5.41, 5.74) is 5.04. The molecule has 0 atom stereocenters. The Bertz CT molecular complexity index is 243. The third-order valence-corrected chi connectivity index (χ3v) is 0.852. The normalized spacial score (nSPS) is 9.33. The lowest BCUT2D eigenvalue weighted by Gasteiger charge is -1.90. The minimum atomic E-state index is -0.396. The molecule has 0 unspecified atom stereocenters. The van der Waals surface area contributed by atoms with Crippen LogP contribution in [0.15, 0.2) is 16.9 Å². The summed E-state index contributed by atoms with van der Waals surface area (Å²) in [7, 11) is 0. The Hall–Kier alpha value is -1.45. The zero-order valence-electron chi connectivity index (χ0n) is 4.59. The second kappa shape index (κ2) is 1.81. The number of pyridine rings is 1. The SMILES string of the molecule is Nc1cc(O)[nH]c(=O)c1. The second-order valence-electron chi connectivity index (χ2n) is 1.66. The minimum Gasteiger partial charge on any atom is -0.494 e. The van der Waals surface area contributed by atoms with Crippen molar-refractivity contribution in [3.63, 3.8) is 0 Å². The summed E-state index contributed by atoms with van der Waals surface area (Å²) in [6, 6.07) is 2.46. The van der Waals surface area contributed by atoms with E-state index in [9.17, 15) is 4.79 Å². The first kappa shape index (κ1) is 5.68. The number of aromatic nitrogens is 1. The van der Waals surface area contributed by atoms with E-state index in [0.717, 1.165) is 0 Å². The van der Waals surface area contributed by atoms with E-state index >= 15 is 0 Å². The molecule has 1 rings (SSSR count). The minimum absolute atomic E-state index is 0.208. The summed E-state index contributed by atoms with van der Waals surface area (Å²) in [6.45, 7) is 0. The van der Waals surface area contributed by atoms with Crippen LogP contribution in [0.1, 0.15) is 0 Å². The molecular formula is C5H6N2O2. The van der Waals surface area contributed by atoms with Crippen LogP contribution in [0.2, 0.25) is 0 Å². The third-order valence-electron chi connectivity index (χ3n) is 0.852. The second-order valence-corrected chi connectivity index (χ2v) is 1.66. The molecule has 1 heterocycles. The standard InChI is InChI=1S/C5H6N2O2/c6-3-1-4(8)7-5(9)2-3/h1-2H,(H4,6,7,8,9). The summed E-state index contributed by atoms with van der Waals surface area (Å²) in [6.07, 6.45) is 0. The molecule has 0 amide bonds. The highest BCUT2D eigenvalue weighted by Gasteiger charge is 1.89. The van der Waals surface area contributed by atoms with Gasteiger partial charge in [0.15, 0.2) is 5.88 Å². The van der Waals surface area contributed by atoms with E-state index in [1.165, 1.54) is 12.1 Å². The van der Waals surface area contributed by atoms with Gasteiger partial charge in [0, 0.05) is 17.8 Å². The van der Waals surface area contributed by atoms with Crippen LogP contribution in [0.3, 0.4) is 0 Å². The van der Waals surface area contributed by atoms with Crippen LogP contribution in [-0.2, 0) is 0 Å². The first-order valence-corrected chi connectivity index (χ1v) is 2.37. The van der Waals surface area contributed by atoms with Crippen molar-refractivity contribution in [1.29, 1.82) is 0 Å². The molecule has 4 nitrogen and oxygen atoms in total. The van der Waals surface area contributed by atoms with Gasteiger partial charge in [-0.1, -0.05) is 0 Å². The molecule has 0 fully saturated rings. The Morgan fingerprint density at radius 3 is 2.67 bits per heavy atom. The van der Waals surface area contributed by atoms with Crippen LogP contribution < -0.4 is 11.3 Å². The lowest BCUT2D eigenvalue weighted by molar-refractivity contribution is 0.452. The lowest BCUT2D eigenvalue weighted by Crippen LogP contribution is -2.04. The number of hydrogen-bond acceptors (Lipinski definition) is 3. The zero-order valence-corrected chi connectivity index (χ0v) is 4.59. The molecule has 0 aromatic carbocycles. The summed E-state index contributed by atoms with van der Waals surface area (Å²) >= 11 is 0. The van der Waals surface area contributed by atoms with Crippen molar-refractivity contribution in [3.05, 3.63) is 22.5 Å². The number of hydrogen-bond donors (Lipinski definition) is 3. The first-order chi connectivity index (χ1) is 4.18. The molecule has 0 saturated carbocycles. The summed E-state index contributed by atoms with van der Waals surface area (Å²) in [5.74, 6) is -0.208. The van der Waals surface area contributed by atoms with E-state index in [1.807, 2.05) is 0 Å². The maximum absolute atomic E-state index is 10.4. The molecule has 4 heteroatoms. The molecule has 9 heavy (non-hydrogen) atoms. The number of aromatic hydroxyl groups is 1. The maximum atomic E-state index is 10.4. The van der Waals surface area contributed by atoms with Crippen molar-refractivity contribution in [2.24, 2.45) is 0 Å². The fourth-order valence-electron chi connectivity index (χ4n) is 0.549. The molecule has 0 radical (unpaired) electrons. The fraction of sp³-hybridized carbons (Fsp3) is 0. The number of nitrogens with one attached hydrogen (secondary N) is 1. The highest BCUT2D eigenvalue weighted by atomic mass is 16.3. The smallest absolute Gasteiger partial charge is 0.252 e. The molecule has 0 bridgehead atoms. The van der Waals surface area contributed by atoms with Gasteiger partial charge in [-0.05, 0) is 0 Å². The zero-order chi connectivity index (χ0) is 6.85. The molecule has 4 N–H and O–H groups in total. The van der Waals surface area contributed by atoms with Gasteiger partial charge < -0.3 is 10.8 Å². The van der Waals surface area contributed by atoms with Gasteiger partial charge in [0.05, 0.1) is 0 Å². The fourth-order valence-corrected chi connectivity index (χ4v) is 0.549. The Balaban J connectivity index is 3.33. The Morgan fingerprint density at radius 1 is 1.56 bits per heavy atom. The average Bonchev–Trinajstić information content (AvgIpc) is 1.59. The summed E-state index contributed by atoms with van der Waals surface area (Å²) in [4.78, 5) is 12.5.